The molecule has 6 nitrogen and oxygen atoms in total. The maximum Gasteiger partial charge on any atom is 0.241 e. The summed E-state index contributed by atoms with van der Waals surface area (Å²) in [7, 11) is 0. The molecular weight excluding hydrogens is 431 g/mol. The van der Waals surface area contributed by atoms with E-state index in [1.807, 2.05) is 0 Å². The maximum absolute atomic E-state index is 13.7. The van der Waals surface area contributed by atoms with Gasteiger partial charge in [-0.2, -0.15) is 0 Å². The Morgan fingerprint density at radius 1 is 1.00 bits per heavy atom. The quantitative estimate of drug-likeness (QED) is 0.609. The van der Waals surface area contributed by atoms with Crippen molar-refractivity contribution in [2.75, 3.05) is 26.2 Å². The number of aromatic nitrogens is 2. The number of hydrogen-bond acceptors (Lipinski definition) is 5. The van der Waals surface area contributed by atoms with Crippen molar-refractivity contribution in [3.8, 4) is 11.6 Å². The number of ether oxygens (including phenoxy) is 1. The lowest BCUT2D eigenvalue weighted by Gasteiger charge is -2.44. The molecule has 1 aromatic heterocycles. The molecule has 0 spiro atoms. The summed E-state index contributed by atoms with van der Waals surface area (Å²) in [6.07, 6.45) is 12.4. The first-order valence-electron chi connectivity index (χ1n) is 12.8. The van der Waals surface area contributed by atoms with Crippen molar-refractivity contribution >= 4 is 5.91 Å². The summed E-state index contributed by atoms with van der Waals surface area (Å²) < 4.78 is 19.2. The van der Waals surface area contributed by atoms with Crippen molar-refractivity contribution in [1.82, 2.24) is 19.8 Å². The highest BCUT2D eigenvalue weighted by molar-refractivity contribution is 5.82. The summed E-state index contributed by atoms with van der Waals surface area (Å²) in [4.78, 5) is 27.4. The highest BCUT2D eigenvalue weighted by Gasteiger charge is 2.42. The Hall–Kier alpha value is -2.54. The summed E-state index contributed by atoms with van der Waals surface area (Å²) >= 11 is 0. The van der Waals surface area contributed by atoms with E-state index in [0.29, 0.717) is 18.2 Å². The van der Waals surface area contributed by atoms with Crippen molar-refractivity contribution < 1.29 is 13.9 Å². The van der Waals surface area contributed by atoms with Gasteiger partial charge in [-0.25, -0.2) is 9.37 Å². The summed E-state index contributed by atoms with van der Waals surface area (Å²) in [5, 5.41) is 0. The SMILES string of the molecule is CC1(C(=O)N2CCC[C@@H](c3nccnc3Oc3ccc(F)cc3)C2)CCN(C2CCCC2)CC1. The number of carbonyl (C=O) groups excluding carboxylic acids is 1. The Bertz CT molecular complexity index is 984. The minimum absolute atomic E-state index is 0.0732. The van der Waals surface area contributed by atoms with Gasteiger partial charge in [0.1, 0.15) is 17.3 Å². The molecule has 2 saturated heterocycles. The summed E-state index contributed by atoms with van der Waals surface area (Å²) in [6, 6.07) is 6.64. The number of benzene rings is 1. The molecule has 7 heteroatoms. The Kier molecular flexibility index (Phi) is 6.82. The van der Waals surface area contributed by atoms with Gasteiger partial charge in [0.2, 0.25) is 11.8 Å². The van der Waals surface area contributed by atoms with E-state index in [1.54, 1.807) is 24.5 Å². The fourth-order valence-electron chi connectivity index (χ4n) is 5.94. The van der Waals surface area contributed by atoms with Crippen LogP contribution in [0.25, 0.3) is 0 Å². The van der Waals surface area contributed by atoms with Gasteiger partial charge in [-0.05, 0) is 75.9 Å². The zero-order valence-electron chi connectivity index (χ0n) is 20.1. The molecule has 1 saturated carbocycles. The first-order chi connectivity index (χ1) is 16.5. The lowest BCUT2D eigenvalue weighted by molar-refractivity contribution is -0.145. The van der Waals surface area contributed by atoms with Crippen LogP contribution in [0.5, 0.6) is 11.6 Å². The molecule has 0 radical (unpaired) electrons. The number of piperidine rings is 2. The van der Waals surface area contributed by atoms with Gasteiger partial charge in [-0.15, -0.1) is 0 Å². The summed E-state index contributed by atoms with van der Waals surface area (Å²) in [5.41, 5.74) is 0.484. The third kappa shape index (κ3) is 4.95. The Morgan fingerprint density at radius 2 is 1.71 bits per heavy atom. The van der Waals surface area contributed by atoms with E-state index >= 15 is 0 Å². The molecule has 1 amide bonds. The zero-order chi connectivity index (χ0) is 23.5. The van der Waals surface area contributed by atoms with E-state index in [1.165, 1.54) is 37.8 Å². The van der Waals surface area contributed by atoms with Crippen LogP contribution in [-0.4, -0.2) is 57.9 Å². The van der Waals surface area contributed by atoms with Gasteiger partial charge >= 0.3 is 0 Å². The molecule has 2 aliphatic heterocycles. The standard InChI is InChI=1S/C27H35FN4O2/c1-27(12-17-31(18-13-27)22-6-2-3-7-22)26(33)32-16-4-5-20(19-32)24-25(30-15-14-29-24)34-23-10-8-21(28)9-11-23/h8-11,14-15,20,22H,2-7,12-13,16-19H2,1H3/t20-/m1/s1. The maximum atomic E-state index is 13.7. The van der Waals surface area contributed by atoms with E-state index in [-0.39, 0.29) is 23.1 Å². The smallest absolute Gasteiger partial charge is 0.241 e. The van der Waals surface area contributed by atoms with Gasteiger partial charge in [0, 0.05) is 42.9 Å². The molecule has 3 fully saturated rings. The molecule has 182 valence electrons. The number of nitrogens with zero attached hydrogens (tertiary/aromatic N) is 4. The minimum atomic E-state index is -0.310. The number of hydrogen-bond donors (Lipinski definition) is 0. The van der Waals surface area contributed by atoms with Gasteiger partial charge in [-0.3, -0.25) is 9.78 Å². The Labute approximate surface area is 201 Å². The second-order valence-corrected chi connectivity index (χ2v) is 10.4. The highest BCUT2D eigenvalue weighted by Crippen LogP contribution is 2.39. The van der Waals surface area contributed by atoms with Crippen LogP contribution in [0.4, 0.5) is 4.39 Å². The van der Waals surface area contributed by atoms with E-state index in [9.17, 15) is 9.18 Å². The molecule has 1 atom stereocenters. The minimum Gasteiger partial charge on any atom is -0.437 e. The van der Waals surface area contributed by atoms with Crippen LogP contribution >= 0.6 is 0 Å². The second kappa shape index (κ2) is 9.98. The lowest BCUT2D eigenvalue weighted by atomic mass is 9.78. The van der Waals surface area contributed by atoms with Crippen LogP contribution in [0, 0.1) is 11.2 Å². The first kappa shape index (κ1) is 23.2. The molecule has 5 rings (SSSR count). The lowest BCUT2D eigenvalue weighted by Crippen LogP contribution is -2.52. The van der Waals surface area contributed by atoms with Gasteiger partial charge in [-0.1, -0.05) is 19.8 Å². The molecule has 0 bridgehead atoms. The normalized spacial score (nSPS) is 23.7. The van der Waals surface area contributed by atoms with Crippen LogP contribution in [-0.2, 0) is 4.79 Å². The number of rotatable bonds is 5. The molecule has 34 heavy (non-hydrogen) atoms. The largest absolute Gasteiger partial charge is 0.437 e. The topological polar surface area (TPSA) is 58.6 Å². The summed E-state index contributed by atoms with van der Waals surface area (Å²) in [5.74, 6) is 1.01. The second-order valence-electron chi connectivity index (χ2n) is 10.4. The number of carbonyl (C=O) groups is 1. The summed E-state index contributed by atoms with van der Waals surface area (Å²) in [6.45, 7) is 5.66. The first-order valence-corrected chi connectivity index (χ1v) is 12.8. The fourth-order valence-corrected chi connectivity index (χ4v) is 5.94. The van der Waals surface area contributed by atoms with Crippen LogP contribution in [0.3, 0.4) is 0 Å². The predicted molar refractivity (Wildman–Crippen MR) is 128 cm³/mol. The molecule has 1 aliphatic carbocycles. The molecular formula is C27H35FN4O2. The van der Waals surface area contributed by atoms with E-state index in [2.05, 4.69) is 26.7 Å². The molecule has 0 N–H and O–H groups in total. The number of halogens is 1. The van der Waals surface area contributed by atoms with Gasteiger partial charge < -0.3 is 14.5 Å². The van der Waals surface area contributed by atoms with Crippen molar-refractivity contribution in [2.45, 2.75) is 70.3 Å². The zero-order valence-corrected chi connectivity index (χ0v) is 20.1. The third-order valence-electron chi connectivity index (χ3n) is 8.07. The molecule has 1 aromatic carbocycles. The Morgan fingerprint density at radius 3 is 2.44 bits per heavy atom. The van der Waals surface area contributed by atoms with Gasteiger partial charge in [0.15, 0.2) is 0 Å². The average Bonchev–Trinajstić information content (AvgIpc) is 3.41. The van der Waals surface area contributed by atoms with Crippen molar-refractivity contribution in [3.63, 3.8) is 0 Å². The van der Waals surface area contributed by atoms with Crippen molar-refractivity contribution in [2.24, 2.45) is 5.41 Å². The van der Waals surface area contributed by atoms with Crippen LogP contribution in [0.2, 0.25) is 0 Å². The number of amides is 1. The monoisotopic (exact) mass is 466 g/mol. The van der Waals surface area contributed by atoms with Crippen LogP contribution < -0.4 is 4.74 Å². The predicted octanol–water partition coefficient (Wildman–Crippen LogP) is 5.16. The fraction of sp³-hybridized carbons (Fsp3) is 0.593. The molecule has 3 aliphatic rings. The highest BCUT2D eigenvalue weighted by atomic mass is 19.1. The molecule has 0 unspecified atom stereocenters. The van der Waals surface area contributed by atoms with Crippen LogP contribution in [0.1, 0.15) is 69.9 Å². The van der Waals surface area contributed by atoms with Crippen molar-refractivity contribution in [3.05, 3.63) is 48.2 Å². The molecule has 3 heterocycles. The van der Waals surface area contributed by atoms with E-state index in [4.69, 9.17) is 4.74 Å². The van der Waals surface area contributed by atoms with Crippen molar-refractivity contribution in [1.29, 1.82) is 0 Å². The van der Waals surface area contributed by atoms with Gasteiger partial charge in [0.25, 0.3) is 0 Å². The number of likely N-dealkylation sites (tertiary alicyclic amines) is 2. The van der Waals surface area contributed by atoms with E-state index in [0.717, 1.165) is 57.1 Å². The average molecular weight is 467 g/mol. The van der Waals surface area contributed by atoms with E-state index < -0.39 is 0 Å². The Balaban J connectivity index is 1.25. The third-order valence-corrected chi connectivity index (χ3v) is 8.07. The van der Waals surface area contributed by atoms with Crippen LogP contribution in [0.15, 0.2) is 36.7 Å². The molecule has 2 aromatic rings. The van der Waals surface area contributed by atoms with Gasteiger partial charge in [0.05, 0.1) is 0 Å².